The number of carbonyl (C=O) groups excluding carboxylic acids is 1. The van der Waals surface area contributed by atoms with Crippen molar-refractivity contribution in [1.29, 1.82) is 0 Å². The highest BCUT2D eigenvalue weighted by Crippen LogP contribution is 2.41. The van der Waals surface area contributed by atoms with Gasteiger partial charge in [0.05, 0.1) is 0 Å². The Morgan fingerprint density at radius 1 is 1.11 bits per heavy atom. The number of piperidine rings is 1. The molecule has 4 rings (SSSR count). The van der Waals surface area contributed by atoms with Gasteiger partial charge in [-0.2, -0.15) is 13.2 Å². The van der Waals surface area contributed by atoms with Gasteiger partial charge >= 0.3 is 6.18 Å². The van der Waals surface area contributed by atoms with E-state index < -0.39 is 17.8 Å². The van der Waals surface area contributed by atoms with Gasteiger partial charge in [0.15, 0.2) is 23.0 Å². The van der Waals surface area contributed by atoms with Crippen LogP contribution >= 0.6 is 11.8 Å². The number of nitrogens with two attached hydrogens (primary N) is 2. The van der Waals surface area contributed by atoms with E-state index in [-0.39, 0.29) is 32.7 Å². The first-order valence-corrected chi connectivity index (χ1v) is 11.8. The van der Waals surface area contributed by atoms with E-state index in [9.17, 15) is 18.0 Å². The Bertz CT molecular complexity index is 1220. The zero-order valence-electron chi connectivity index (χ0n) is 18.9. The number of amides is 1. The number of hydrogen-bond acceptors (Lipinski definition) is 8. The molecule has 0 aliphatic carbocycles. The Morgan fingerprint density at radius 3 is 2.43 bits per heavy atom. The van der Waals surface area contributed by atoms with Gasteiger partial charge in [0.1, 0.15) is 5.03 Å². The summed E-state index contributed by atoms with van der Waals surface area (Å²) in [5.74, 6) is -0.704. The van der Waals surface area contributed by atoms with Crippen LogP contribution < -0.4 is 16.4 Å². The van der Waals surface area contributed by atoms with Crippen molar-refractivity contribution in [3.63, 3.8) is 0 Å². The van der Waals surface area contributed by atoms with E-state index in [0.29, 0.717) is 24.9 Å². The average Bonchev–Trinajstić information content (AvgIpc) is 2.85. The predicted molar refractivity (Wildman–Crippen MR) is 126 cm³/mol. The van der Waals surface area contributed by atoms with Gasteiger partial charge in [-0.15, -0.1) is 0 Å². The zero-order valence-corrected chi connectivity index (χ0v) is 19.7. The van der Waals surface area contributed by atoms with Crippen molar-refractivity contribution < 1.29 is 18.0 Å². The molecule has 4 N–H and O–H groups in total. The van der Waals surface area contributed by atoms with Crippen molar-refractivity contribution >= 4 is 29.3 Å². The second-order valence-corrected chi connectivity index (χ2v) is 9.27. The van der Waals surface area contributed by atoms with Gasteiger partial charge in [-0.05, 0) is 43.5 Å². The highest BCUT2D eigenvalue weighted by atomic mass is 32.2. The lowest BCUT2D eigenvalue weighted by atomic mass is 9.73. The Hall–Kier alpha value is -3.41. The standard InChI is InChI=1S/C23H24F3N7OS/c1-2-22(15-7-3-4-10-29-15)8-12-33(13-9-22)20-16(19(28)34)31-21(18(27)32-20)35-14-6-5-11-30-17(14)23(24,25)26/h3-7,10-11H,2,8-9,12-13H2,1H3,(H2,27,32)(H2,28,34). The van der Waals surface area contributed by atoms with Crippen LogP contribution in [-0.4, -0.2) is 38.9 Å². The molecule has 8 nitrogen and oxygen atoms in total. The lowest BCUT2D eigenvalue weighted by Gasteiger charge is -2.41. The number of aromatic nitrogens is 4. The number of carbonyl (C=O) groups is 1. The SMILES string of the molecule is CCC1(c2ccccn2)CCN(c2nc(N)c(Sc3cccnc3C(F)(F)F)nc2C(N)=O)CC1. The maximum Gasteiger partial charge on any atom is 0.434 e. The van der Waals surface area contributed by atoms with Crippen LogP contribution in [0.4, 0.5) is 24.8 Å². The van der Waals surface area contributed by atoms with Gasteiger partial charge in [0.2, 0.25) is 0 Å². The molecular weight excluding hydrogens is 479 g/mol. The fourth-order valence-electron chi connectivity index (χ4n) is 4.29. The Labute approximate surface area is 204 Å². The first kappa shape index (κ1) is 24.7. The molecule has 3 aromatic heterocycles. The van der Waals surface area contributed by atoms with Crippen molar-refractivity contribution in [3.05, 3.63) is 59.8 Å². The number of primary amides is 1. The third kappa shape index (κ3) is 5.02. The van der Waals surface area contributed by atoms with E-state index >= 15 is 0 Å². The lowest BCUT2D eigenvalue weighted by molar-refractivity contribution is -0.143. The van der Waals surface area contributed by atoms with Crippen molar-refractivity contribution in [2.45, 2.75) is 47.7 Å². The summed E-state index contributed by atoms with van der Waals surface area (Å²) in [6, 6.07) is 8.49. The summed E-state index contributed by atoms with van der Waals surface area (Å²) >= 11 is 0.640. The number of nitrogens with zero attached hydrogens (tertiary/aromatic N) is 5. The quantitative estimate of drug-likeness (QED) is 0.516. The summed E-state index contributed by atoms with van der Waals surface area (Å²) in [7, 11) is 0. The number of pyridine rings is 2. The van der Waals surface area contributed by atoms with Crippen LogP contribution in [0.1, 0.15) is 48.1 Å². The molecule has 1 aliphatic rings. The summed E-state index contributed by atoms with van der Waals surface area (Å²) < 4.78 is 40.1. The Balaban J connectivity index is 1.63. The third-order valence-corrected chi connectivity index (χ3v) is 7.30. The number of anilines is 2. The first-order valence-electron chi connectivity index (χ1n) is 11.0. The first-order chi connectivity index (χ1) is 16.6. The topological polar surface area (TPSA) is 124 Å². The molecule has 1 saturated heterocycles. The van der Waals surface area contributed by atoms with Gasteiger partial charge in [-0.1, -0.05) is 24.8 Å². The summed E-state index contributed by atoms with van der Waals surface area (Å²) in [5.41, 5.74) is 11.4. The highest BCUT2D eigenvalue weighted by molar-refractivity contribution is 7.99. The molecular formula is C23H24F3N7OS. The fraction of sp³-hybridized carbons (Fsp3) is 0.348. The van der Waals surface area contributed by atoms with Crippen molar-refractivity contribution in [2.24, 2.45) is 5.73 Å². The smallest absolute Gasteiger partial charge is 0.381 e. The monoisotopic (exact) mass is 503 g/mol. The van der Waals surface area contributed by atoms with Crippen LogP contribution in [0.25, 0.3) is 0 Å². The van der Waals surface area contributed by atoms with E-state index in [1.807, 2.05) is 23.1 Å². The maximum atomic E-state index is 13.4. The number of nitrogen functional groups attached to an aromatic ring is 1. The van der Waals surface area contributed by atoms with E-state index in [4.69, 9.17) is 11.5 Å². The van der Waals surface area contributed by atoms with E-state index in [1.54, 1.807) is 6.20 Å². The van der Waals surface area contributed by atoms with Crippen molar-refractivity contribution in [1.82, 2.24) is 19.9 Å². The van der Waals surface area contributed by atoms with Gasteiger partial charge in [-0.3, -0.25) is 14.8 Å². The van der Waals surface area contributed by atoms with Crippen LogP contribution in [-0.2, 0) is 11.6 Å². The summed E-state index contributed by atoms with van der Waals surface area (Å²) in [5, 5.41) is -0.0468. The minimum atomic E-state index is -4.66. The Morgan fingerprint density at radius 2 is 1.83 bits per heavy atom. The van der Waals surface area contributed by atoms with Crippen LogP contribution in [0.5, 0.6) is 0 Å². The lowest BCUT2D eigenvalue weighted by Crippen LogP contribution is -2.44. The highest BCUT2D eigenvalue weighted by Gasteiger charge is 2.38. The molecule has 184 valence electrons. The largest absolute Gasteiger partial charge is 0.434 e. The van der Waals surface area contributed by atoms with Gasteiger partial charge in [0.25, 0.3) is 5.91 Å². The normalized spacial score (nSPS) is 15.7. The minimum Gasteiger partial charge on any atom is -0.381 e. The van der Waals surface area contributed by atoms with Crippen LogP contribution in [0.3, 0.4) is 0 Å². The summed E-state index contributed by atoms with van der Waals surface area (Å²) in [6.07, 6.45) is 0.599. The van der Waals surface area contributed by atoms with Crippen molar-refractivity contribution in [2.75, 3.05) is 23.7 Å². The average molecular weight is 504 g/mol. The number of alkyl halides is 3. The zero-order chi connectivity index (χ0) is 25.2. The van der Waals surface area contributed by atoms with Gasteiger partial charge < -0.3 is 16.4 Å². The number of rotatable bonds is 6. The molecule has 0 atom stereocenters. The third-order valence-electron chi connectivity index (χ3n) is 6.25. The molecule has 0 unspecified atom stereocenters. The molecule has 0 bridgehead atoms. The second kappa shape index (κ2) is 9.68. The fourth-order valence-corrected chi connectivity index (χ4v) is 5.20. The maximum absolute atomic E-state index is 13.4. The van der Waals surface area contributed by atoms with Crippen LogP contribution in [0, 0.1) is 0 Å². The predicted octanol–water partition coefficient (Wildman–Crippen LogP) is 4.07. The molecule has 1 amide bonds. The van der Waals surface area contributed by atoms with Crippen LogP contribution in [0.15, 0.2) is 52.6 Å². The second-order valence-electron chi connectivity index (χ2n) is 8.24. The Kier molecular flexibility index (Phi) is 6.84. The molecule has 12 heteroatoms. The van der Waals surface area contributed by atoms with Gasteiger partial charge in [-0.25, -0.2) is 9.97 Å². The number of halogens is 3. The van der Waals surface area contributed by atoms with Crippen LogP contribution in [0.2, 0.25) is 0 Å². The van der Waals surface area contributed by atoms with E-state index in [2.05, 4.69) is 26.9 Å². The van der Waals surface area contributed by atoms with E-state index in [0.717, 1.165) is 31.2 Å². The molecule has 1 aliphatic heterocycles. The van der Waals surface area contributed by atoms with Crippen molar-refractivity contribution in [3.8, 4) is 0 Å². The molecule has 0 radical (unpaired) electrons. The summed E-state index contributed by atoms with van der Waals surface area (Å²) in [4.78, 5) is 30.5. The van der Waals surface area contributed by atoms with E-state index in [1.165, 1.54) is 12.1 Å². The molecule has 3 aromatic rings. The molecule has 4 heterocycles. The summed E-state index contributed by atoms with van der Waals surface area (Å²) in [6.45, 7) is 3.24. The minimum absolute atomic E-state index is 0.0468. The van der Waals surface area contributed by atoms with Gasteiger partial charge in [0, 0.05) is 41.5 Å². The molecule has 0 spiro atoms. The molecule has 1 fully saturated rings. The molecule has 0 aromatic carbocycles. The molecule has 0 saturated carbocycles. The number of hydrogen-bond donors (Lipinski definition) is 2. The molecule has 35 heavy (non-hydrogen) atoms.